The van der Waals surface area contributed by atoms with Crippen LogP contribution in [0.2, 0.25) is 0 Å². The molecule has 0 bridgehead atoms. The van der Waals surface area contributed by atoms with Crippen molar-refractivity contribution in [3.8, 4) is 0 Å². The van der Waals surface area contributed by atoms with Gasteiger partial charge in [-0.2, -0.15) is 0 Å². The first-order valence-corrected chi connectivity index (χ1v) is 11.2. The number of aliphatic hydroxyl groups is 2. The van der Waals surface area contributed by atoms with E-state index >= 15 is 0 Å². The van der Waals surface area contributed by atoms with Gasteiger partial charge in [-0.3, -0.25) is 0 Å². The molecular formula is C22H48O5. The Morgan fingerprint density at radius 2 is 0.963 bits per heavy atom. The van der Waals surface area contributed by atoms with Gasteiger partial charge in [-0.1, -0.05) is 66.2 Å². The van der Waals surface area contributed by atoms with Gasteiger partial charge < -0.3 is 24.4 Å². The van der Waals surface area contributed by atoms with Crippen molar-refractivity contribution in [1.29, 1.82) is 0 Å². The molecule has 5 heteroatoms. The molecule has 166 valence electrons. The Balaban J connectivity index is 0. The maximum absolute atomic E-state index is 8.26. The minimum atomic E-state index is 0.0417. The predicted molar refractivity (Wildman–Crippen MR) is 113 cm³/mol. The summed E-state index contributed by atoms with van der Waals surface area (Å²) >= 11 is 0. The zero-order valence-electron chi connectivity index (χ0n) is 18.6. The van der Waals surface area contributed by atoms with Crippen LogP contribution in [0.15, 0.2) is 0 Å². The van der Waals surface area contributed by atoms with Gasteiger partial charge in [-0.05, 0) is 25.7 Å². The van der Waals surface area contributed by atoms with Crippen LogP contribution >= 0.6 is 0 Å². The topological polar surface area (TPSA) is 68.2 Å². The van der Waals surface area contributed by atoms with Gasteiger partial charge in [0, 0.05) is 0 Å². The van der Waals surface area contributed by atoms with E-state index < -0.39 is 0 Å². The molecule has 0 spiro atoms. The summed E-state index contributed by atoms with van der Waals surface area (Å²) in [6.07, 6.45) is 13.8. The lowest BCUT2D eigenvalue weighted by Crippen LogP contribution is -2.22. The lowest BCUT2D eigenvalue weighted by Gasteiger charge is -2.24. The van der Waals surface area contributed by atoms with Crippen molar-refractivity contribution in [1.82, 2.24) is 0 Å². The zero-order valence-corrected chi connectivity index (χ0v) is 18.6. The number of hydrogen-bond donors (Lipinski definition) is 2. The summed E-state index contributed by atoms with van der Waals surface area (Å²) in [6.45, 7) is 10.8. The highest BCUT2D eigenvalue weighted by Gasteiger charge is 2.14. The molecule has 0 aliphatic heterocycles. The van der Waals surface area contributed by atoms with Crippen LogP contribution in [0.5, 0.6) is 0 Å². The van der Waals surface area contributed by atoms with E-state index in [0.717, 1.165) is 0 Å². The Labute approximate surface area is 168 Å². The summed E-state index contributed by atoms with van der Waals surface area (Å²) in [5, 5.41) is 16.5. The summed E-state index contributed by atoms with van der Waals surface area (Å²) in [4.78, 5) is 0. The zero-order chi connectivity index (χ0) is 20.6. The third-order valence-electron chi connectivity index (χ3n) is 4.21. The van der Waals surface area contributed by atoms with Gasteiger partial charge in [-0.25, -0.2) is 0 Å². The Hall–Kier alpha value is -0.200. The first-order valence-electron chi connectivity index (χ1n) is 11.2. The molecule has 0 rings (SSSR count). The first kappa shape index (κ1) is 29.0. The Kier molecular flexibility index (Phi) is 27.7. The van der Waals surface area contributed by atoms with Crippen molar-refractivity contribution in [3.63, 3.8) is 0 Å². The second-order valence-electron chi connectivity index (χ2n) is 6.91. The van der Waals surface area contributed by atoms with Crippen LogP contribution in [0.1, 0.15) is 91.9 Å². The SMILES string of the molecule is CCCCC(CCC)OC(CCC)CCCC.OCCOCCOCCO. The van der Waals surface area contributed by atoms with Gasteiger partial charge in [0.2, 0.25) is 0 Å². The first-order chi connectivity index (χ1) is 13.2. The minimum Gasteiger partial charge on any atom is -0.394 e. The molecule has 0 aromatic rings. The van der Waals surface area contributed by atoms with E-state index in [-0.39, 0.29) is 13.2 Å². The van der Waals surface area contributed by atoms with Gasteiger partial charge in [0.25, 0.3) is 0 Å². The number of unbranched alkanes of at least 4 members (excludes halogenated alkanes) is 2. The van der Waals surface area contributed by atoms with Crippen molar-refractivity contribution in [3.05, 3.63) is 0 Å². The number of ether oxygens (including phenoxy) is 3. The number of rotatable bonds is 19. The maximum atomic E-state index is 8.26. The molecule has 27 heavy (non-hydrogen) atoms. The van der Waals surface area contributed by atoms with Gasteiger partial charge in [-0.15, -0.1) is 0 Å². The molecule has 2 unspecified atom stereocenters. The third kappa shape index (κ3) is 23.8. The molecule has 0 amide bonds. The molecule has 0 aliphatic rings. The van der Waals surface area contributed by atoms with E-state index in [1.807, 2.05) is 0 Å². The second-order valence-corrected chi connectivity index (χ2v) is 6.91. The fourth-order valence-electron chi connectivity index (χ4n) is 2.79. The lowest BCUT2D eigenvalue weighted by molar-refractivity contribution is -0.0305. The van der Waals surface area contributed by atoms with Crippen LogP contribution in [0.25, 0.3) is 0 Å². The van der Waals surface area contributed by atoms with E-state index in [1.165, 1.54) is 64.2 Å². The number of aliphatic hydroxyl groups excluding tert-OH is 2. The van der Waals surface area contributed by atoms with Gasteiger partial charge in [0.15, 0.2) is 0 Å². The van der Waals surface area contributed by atoms with Gasteiger partial charge in [0.1, 0.15) is 0 Å². The van der Waals surface area contributed by atoms with Crippen LogP contribution in [-0.4, -0.2) is 62.1 Å². The van der Waals surface area contributed by atoms with Crippen LogP contribution in [0.4, 0.5) is 0 Å². The molecule has 0 fully saturated rings. The van der Waals surface area contributed by atoms with E-state index in [1.54, 1.807) is 0 Å². The molecular weight excluding hydrogens is 344 g/mol. The minimum absolute atomic E-state index is 0.0417. The quantitative estimate of drug-likeness (QED) is 0.311. The molecule has 0 heterocycles. The molecule has 0 radical (unpaired) electrons. The molecule has 0 saturated carbocycles. The van der Waals surface area contributed by atoms with Crippen molar-refractivity contribution in [2.45, 2.75) is 104 Å². The predicted octanol–water partition coefficient (Wildman–Crippen LogP) is 4.73. The van der Waals surface area contributed by atoms with Gasteiger partial charge >= 0.3 is 0 Å². The molecule has 2 atom stereocenters. The smallest absolute Gasteiger partial charge is 0.0701 e. The average Bonchev–Trinajstić information content (AvgIpc) is 2.67. The number of hydrogen-bond acceptors (Lipinski definition) is 5. The fourth-order valence-corrected chi connectivity index (χ4v) is 2.79. The van der Waals surface area contributed by atoms with Crippen LogP contribution in [-0.2, 0) is 14.2 Å². The van der Waals surface area contributed by atoms with Crippen molar-refractivity contribution >= 4 is 0 Å². The van der Waals surface area contributed by atoms with Crippen LogP contribution < -0.4 is 0 Å². The van der Waals surface area contributed by atoms with Crippen LogP contribution in [0, 0.1) is 0 Å². The highest BCUT2D eigenvalue weighted by molar-refractivity contribution is 4.64. The lowest BCUT2D eigenvalue weighted by atomic mass is 10.0. The highest BCUT2D eigenvalue weighted by Crippen LogP contribution is 2.19. The fraction of sp³-hybridized carbons (Fsp3) is 1.00. The Morgan fingerprint density at radius 1 is 0.556 bits per heavy atom. The average molecular weight is 393 g/mol. The summed E-state index contributed by atoms with van der Waals surface area (Å²) in [5.74, 6) is 0. The summed E-state index contributed by atoms with van der Waals surface area (Å²) in [5.41, 5.74) is 0. The van der Waals surface area contributed by atoms with E-state index in [2.05, 4.69) is 27.7 Å². The Morgan fingerprint density at radius 3 is 1.26 bits per heavy atom. The molecule has 0 aromatic carbocycles. The van der Waals surface area contributed by atoms with Crippen molar-refractivity contribution in [2.24, 2.45) is 0 Å². The molecule has 0 aromatic heterocycles. The van der Waals surface area contributed by atoms with E-state index in [4.69, 9.17) is 24.4 Å². The summed E-state index contributed by atoms with van der Waals surface area (Å²) in [7, 11) is 0. The monoisotopic (exact) mass is 392 g/mol. The molecule has 2 N–H and O–H groups in total. The Bertz CT molecular complexity index is 227. The third-order valence-corrected chi connectivity index (χ3v) is 4.21. The van der Waals surface area contributed by atoms with E-state index in [9.17, 15) is 0 Å². The van der Waals surface area contributed by atoms with Crippen LogP contribution in [0.3, 0.4) is 0 Å². The van der Waals surface area contributed by atoms with Crippen molar-refractivity contribution in [2.75, 3.05) is 39.6 Å². The highest BCUT2D eigenvalue weighted by atomic mass is 16.5. The van der Waals surface area contributed by atoms with Crippen molar-refractivity contribution < 1.29 is 24.4 Å². The largest absolute Gasteiger partial charge is 0.394 e. The molecule has 5 nitrogen and oxygen atoms in total. The normalized spacial score (nSPS) is 13.1. The molecule has 0 aliphatic carbocycles. The molecule has 0 saturated heterocycles. The summed E-state index contributed by atoms with van der Waals surface area (Å²) < 4.78 is 16.1. The van der Waals surface area contributed by atoms with Gasteiger partial charge in [0.05, 0.1) is 51.8 Å². The second kappa shape index (κ2) is 25.8. The summed E-state index contributed by atoms with van der Waals surface area (Å²) in [6, 6.07) is 0. The maximum Gasteiger partial charge on any atom is 0.0701 e. The standard InChI is InChI=1S/C16H34O.C6H14O4/c1-5-9-13-15(11-7-3)17-16(12-8-4)14-10-6-2;7-1-3-9-5-6-10-4-2-8/h15-16H,5-14H2,1-4H3;7-8H,1-6H2. The van der Waals surface area contributed by atoms with E-state index in [0.29, 0.717) is 38.6 Å².